The Kier molecular flexibility index (Phi) is 6.63. The maximum absolute atomic E-state index is 14.0. The Balaban J connectivity index is 1.39. The second-order valence-electron chi connectivity index (χ2n) is 9.86. The van der Waals surface area contributed by atoms with Gasteiger partial charge in [-0.25, -0.2) is 0 Å². The highest BCUT2D eigenvalue weighted by Gasteiger charge is 2.43. The minimum Gasteiger partial charge on any atom is -0.384 e. The van der Waals surface area contributed by atoms with Gasteiger partial charge in [0.15, 0.2) is 0 Å². The molecule has 0 aliphatic carbocycles. The Morgan fingerprint density at radius 3 is 2.41 bits per heavy atom. The number of aromatic nitrogens is 3. The van der Waals surface area contributed by atoms with E-state index in [2.05, 4.69) is 27.1 Å². The van der Waals surface area contributed by atoms with Crippen LogP contribution in [0.4, 0.5) is 13.2 Å². The maximum Gasteiger partial charge on any atom is 0.422 e. The van der Waals surface area contributed by atoms with E-state index in [0.717, 1.165) is 25.1 Å². The van der Waals surface area contributed by atoms with E-state index in [1.807, 2.05) is 0 Å². The molecule has 2 aromatic heterocycles. The van der Waals surface area contributed by atoms with Gasteiger partial charge in [-0.1, -0.05) is 71.8 Å². The van der Waals surface area contributed by atoms with Crippen LogP contribution in [0.1, 0.15) is 37.8 Å². The number of likely N-dealkylation sites (tertiary alicyclic amines) is 1. The summed E-state index contributed by atoms with van der Waals surface area (Å²) in [6, 6.07) is 14.9. The van der Waals surface area contributed by atoms with Crippen molar-refractivity contribution in [3.63, 3.8) is 0 Å². The van der Waals surface area contributed by atoms with Crippen molar-refractivity contribution in [3.05, 3.63) is 65.7 Å². The van der Waals surface area contributed by atoms with Gasteiger partial charge in [-0.15, -0.1) is 0 Å². The summed E-state index contributed by atoms with van der Waals surface area (Å²) in [6.45, 7) is 6.41. The van der Waals surface area contributed by atoms with E-state index in [1.54, 1.807) is 49.4 Å². The van der Waals surface area contributed by atoms with Crippen LogP contribution >= 0.6 is 0 Å². The number of hydrogen-bond donors (Lipinski definition) is 1. The standard InChI is InChI=1S/C27H27F3N4O3/c1-17-7-6-14-34(15-17)16-26(2,35)20-12-10-19(11-13-20)24-31-25(37-33-24)23-21(27(28,29)30)22(32-36-23)18-8-4-3-5-9-18/h3-5,8-13,17,35H,6-7,14-16H2,1-2H3. The minimum absolute atomic E-state index is 0.0943. The van der Waals surface area contributed by atoms with Crippen LogP contribution in [0.3, 0.4) is 0 Å². The number of hydrogen-bond acceptors (Lipinski definition) is 7. The molecule has 2 unspecified atom stereocenters. The molecule has 1 N–H and O–H groups in total. The summed E-state index contributed by atoms with van der Waals surface area (Å²) in [5.41, 5.74) is -0.985. The fourth-order valence-corrected chi connectivity index (χ4v) is 4.86. The first-order valence-corrected chi connectivity index (χ1v) is 12.1. The number of β-amino-alcohol motifs (C(OH)–C–C–N with tert-alkyl or cyclic N) is 1. The molecule has 1 saturated heterocycles. The summed E-state index contributed by atoms with van der Waals surface area (Å²) in [7, 11) is 0. The molecule has 37 heavy (non-hydrogen) atoms. The first-order chi connectivity index (χ1) is 17.6. The van der Waals surface area contributed by atoms with E-state index >= 15 is 0 Å². The first kappa shape index (κ1) is 25.2. The second-order valence-corrected chi connectivity index (χ2v) is 9.86. The van der Waals surface area contributed by atoms with Crippen LogP contribution in [0.5, 0.6) is 0 Å². The molecule has 0 bridgehead atoms. The van der Waals surface area contributed by atoms with Gasteiger partial charge in [0, 0.05) is 24.2 Å². The van der Waals surface area contributed by atoms with E-state index in [4.69, 9.17) is 9.05 Å². The van der Waals surface area contributed by atoms with Crippen molar-refractivity contribution in [3.8, 4) is 34.3 Å². The lowest BCUT2D eigenvalue weighted by atomic mass is 9.92. The molecule has 7 nitrogen and oxygen atoms in total. The number of halogens is 3. The molecule has 0 saturated carbocycles. The zero-order chi connectivity index (χ0) is 26.2. The van der Waals surface area contributed by atoms with Crippen LogP contribution in [-0.2, 0) is 11.8 Å². The number of benzene rings is 2. The summed E-state index contributed by atoms with van der Waals surface area (Å²) >= 11 is 0. The average Bonchev–Trinajstić information content (AvgIpc) is 3.52. The predicted molar refractivity (Wildman–Crippen MR) is 130 cm³/mol. The molecule has 10 heteroatoms. The average molecular weight is 513 g/mol. The van der Waals surface area contributed by atoms with Crippen LogP contribution < -0.4 is 0 Å². The van der Waals surface area contributed by atoms with Gasteiger partial charge in [-0.2, -0.15) is 18.2 Å². The highest BCUT2D eigenvalue weighted by atomic mass is 19.4. The minimum atomic E-state index is -4.76. The lowest BCUT2D eigenvalue weighted by molar-refractivity contribution is -0.137. The quantitative estimate of drug-likeness (QED) is 0.338. The van der Waals surface area contributed by atoms with E-state index in [9.17, 15) is 18.3 Å². The Morgan fingerprint density at radius 1 is 1.00 bits per heavy atom. The molecule has 0 amide bonds. The molecule has 1 aliphatic heterocycles. The Bertz CT molecular complexity index is 1350. The molecule has 0 spiro atoms. The highest BCUT2D eigenvalue weighted by Crippen LogP contribution is 2.43. The summed E-state index contributed by atoms with van der Waals surface area (Å²) in [6.07, 6.45) is -2.44. The van der Waals surface area contributed by atoms with E-state index in [0.29, 0.717) is 18.0 Å². The normalized spacial score (nSPS) is 18.6. The zero-order valence-corrected chi connectivity index (χ0v) is 20.5. The number of piperidine rings is 1. The van der Waals surface area contributed by atoms with Crippen molar-refractivity contribution in [2.24, 2.45) is 5.92 Å². The summed E-state index contributed by atoms with van der Waals surface area (Å²) < 4.78 is 52.1. The topological polar surface area (TPSA) is 88.4 Å². The van der Waals surface area contributed by atoms with Gasteiger partial charge in [0.1, 0.15) is 11.3 Å². The molecule has 3 heterocycles. The van der Waals surface area contributed by atoms with Crippen molar-refractivity contribution in [2.75, 3.05) is 19.6 Å². The van der Waals surface area contributed by atoms with E-state index < -0.39 is 29.0 Å². The fourth-order valence-electron chi connectivity index (χ4n) is 4.86. The second kappa shape index (κ2) is 9.75. The van der Waals surface area contributed by atoms with Gasteiger partial charge >= 0.3 is 6.18 Å². The van der Waals surface area contributed by atoms with Crippen molar-refractivity contribution >= 4 is 0 Å². The van der Waals surface area contributed by atoms with Crippen molar-refractivity contribution in [2.45, 2.75) is 38.5 Å². The molecule has 1 fully saturated rings. The third-order valence-corrected chi connectivity index (χ3v) is 6.68. The smallest absolute Gasteiger partial charge is 0.384 e. The van der Waals surface area contributed by atoms with Crippen molar-refractivity contribution in [1.82, 2.24) is 20.2 Å². The van der Waals surface area contributed by atoms with Crippen LogP contribution in [0.25, 0.3) is 34.3 Å². The molecule has 5 rings (SSSR count). The predicted octanol–water partition coefficient (Wildman–Crippen LogP) is 6.02. The van der Waals surface area contributed by atoms with Crippen LogP contribution in [0.15, 0.2) is 63.6 Å². The van der Waals surface area contributed by atoms with E-state index in [1.165, 1.54) is 18.6 Å². The molecule has 1 aliphatic rings. The molecule has 194 valence electrons. The van der Waals surface area contributed by atoms with Crippen LogP contribution in [0, 0.1) is 5.92 Å². The van der Waals surface area contributed by atoms with Gasteiger partial charge in [0.05, 0.1) is 5.60 Å². The van der Waals surface area contributed by atoms with Crippen molar-refractivity contribution in [1.29, 1.82) is 0 Å². The van der Waals surface area contributed by atoms with Gasteiger partial charge in [0.25, 0.3) is 5.89 Å². The van der Waals surface area contributed by atoms with E-state index in [-0.39, 0.29) is 17.1 Å². The number of nitrogens with zero attached hydrogens (tertiary/aromatic N) is 4. The lowest BCUT2D eigenvalue weighted by Crippen LogP contribution is -2.43. The maximum atomic E-state index is 14.0. The number of aliphatic hydroxyl groups is 1. The molecule has 2 aromatic carbocycles. The van der Waals surface area contributed by atoms with Gasteiger partial charge in [-0.05, 0) is 37.8 Å². The molecular weight excluding hydrogens is 485 g/mol. The van der Waals surface area contributed by atoms with Crippen LogP contribution in [-0.4, -0.2) is 44.9 Å². The Morgan fingerprint density at radius 2 is 1.73 bits per heavy atom. The molecular formula is C27H27F3N4O3. The molecule has 4 aromatic rings. The largest absolute Gasteiger partial charge is 0.422 e. The number of rotatable bonds is 6. The molecule has 0 radical (unpaired) electrons. The fraction of sp³-hybridized carbons (Fsp3) is 0.370. The number of alkyl halides is 3. The van der Waals surface area contributed by atoms with Crippen molar-refractivity contribution < 1.29 is 27.3 Å². The van der Waals surface area contributed by atoms with Crippen LogP contribution in [0.2, 0.25) is 0 Å². The SMILES string of the molecule is CC1CCCN(CC(C)(O)c2ccc(-c3noc(-c4onc(-c5ccccc5)c4C(F)(F)F)n3)cc2)C1. The Labute approximate surface area is 211 Å². The summed E-state index contributed by atoms with van der Waals surface area (Å²) in [5.74, 6) is -0.366. The third kappa shape index (κ3) is 5.30. The first-order valence-electron chi connectivity index (χ1n) is 12.1. The summed E-state index contributed by atoms with van der Waals surface area (Å²) in [5, 5.41) is 18.6. The summed E-state index contributed by atoms with van der Waals surface area (Å²) in [4.78, 5) is 6.41. The zero-order valence-electron chi connectivity index (χ0n) is 20.5. The molecule has 2 atom stereocenters. The monoisotopic (exact) mass is 512 g/mol. The lowest BCUT2D eigenvalue weighted by Gasteiger charge is -2.36. The van der Waals surface area contributed by atoms with Gasteiger partial charge in [0.2, 0.25) is 11.6 Å². The Hall–Kier alpha value is -3.50. The van der Waals surface area contributed by atoms with Gasteiger partial charge in [-0.3, -0.25) is 4.90 Å². The third-order valence-electron chi connectivity index (χ3n) is 6.68. The van der Waals surface area contributed by atoms with Gasteiger partial charge < -0.3 is 14.2 Å². The highest BCUT2D eigenvalue weighted by molar-refractivity contribution is 5.71.